The van der Waals surface area contributed by atoms with Gasteiger partial charge in [-0.1, -0.05) is 18.9 Å². The maximum absolute atomic E-state index is 13.1. The highest BCUT2D eigenvalue weighted by Crippen LogP contribution is 2.26. The molecule has 0 bridgehead atoms. The van der Waals surface area contributed by atoms with E-state index in [0.29, 0.717) is 6.54 Å². The van der Waals surface area contributed by atoms with Gasteiger partial charge in [0.05, 0.1) is 6.54 Å². The third-order valence-electron chi connectivity index (χ3n) is 6.66. The Kier molecular flexibility index (Phi) is 6.47. The second-order valence-corrected chi connectivity index (χ2v) is 9.37. The molecule has 5 heteroatoms. The second kappa shape index (κ2) is 9.07. The molecule has 2 aliphatic rings. The zero-order valence-corrected chi connectivity index (χ0v) is 18.8. The van der Waals surface area contributed by atoms with Crippen LogP contribution in [0.3, 0.4) is 0 Å². The first kappa shape index (κ1) is 20.7. The Labute approximate surface area is 179 Å². The molecule has 2 aromatic rings. The highest BCUT2D eigenvalue weighted by atomic mass is 32.2. The number of benzene rings is 1. The minimum absolute atomic E-state index is 0.250. The number of aromatic nitrogens is 1. The number of ketones is 1. The summed E-state index contributed by atoms with van der Waals surface area (Å²) in [5.74, 6) is 0.250. The van der Waals surface area contributed by atoms with Gasteiger partial charge >= 0.3 is 0 Å². The van der Waals surface area contributed by atoms with Gasteiger partial charge < -0.3 is 4.57 Å². The Morgan fingerprint density at radius 1 is 1.07 bits per heavy atom. The lowest BCUT2D eigenvalue weighted by atomic mass is 10.1. The van der Waals surface area contributed by atoms with Crippen molar-refractivity contribution in [1.82, 2.24) is 14.4 Å². The number of aryl methyl sites for hydroxylation is 1. The summed E-state index contributed by atoms with van der Waals surface area (Å²) in [6, 6.07) is 11.4. The molecule has 156 valence electrons. The van der Waals surface area contributed by atoms with Crippen molar-refractivity contribution in [1.29, 1.82) is 0 Å². The largest absolute Gasteiger partial charge is 0.318 e. The van der Waals surface area contributed by atoms with Gasteiger partial charge in [-0.05, 0) is 57.2 Å². The Balaban J connectivity index is 1.43. The van der Waals surface area contributed by atoms with Crippen molar-refractivity contribution >= 4 is 17.5 Å². The molecular formula is C24H33N3OS. The minimum Gasteiger partial charge on any atom is -0.318 e. The fourth-order valence-electron chi connectivity index (χ4n) is 5.04. The zero-order valence-electron chi connectivity index (χ0n) is 18.0. The lowest BCUT2D eigenvalue weighted by Gasteiger charge is -2.37. The molecule has 1 aromatic heterocycles. The van der Waals surface area contributed by atoms with Crippen LogP contribution in [-0.2, 0) is 0 Å². The van der Waals surface area contributed by atoms with Gasteiger partial charge in [-0.2, -0.15) is 0 Å². The van der Waals surface area contributed by atoms with Crippen molar-refractivity contribution in [2.24, 2.45) is 0 Å². The first-order valence-corrected chi connectivity index (χ1v) is 12.1. The van der Waals surface area contributed by atoms with Crippen molar-refractivity contribution < 1.29 is 4.79 Å². The molecule has 1 aromatic carbocycles. The van der Waals surface area contributed by atoms with E-state index in [4.69, 9.17) is 0 Å². The number of nitrogens with zero attached hydrogens (tertiary/aromatic N) is 3. The van der Waals surface area contributed by atoms with E-state index < -0.39 is 0 Å². The smallest absolute Gasteiger partial charge is 0.178 e. The Morgan fingerprint density at radius 3 is 2.48 bits per heavy atom. The van der Waals surface area contributed by atoms with E-state index in [1.54, 1.807) is 11.8 Å². The zero-order chi connectivity index (χ0) is 20.4. The van der Waals surface area contributed by atoms with Crippen molar-refractivity contribution in [3.05, 3.63) is 47.3 Å². The first-order valence-electron chi connectivity index (χ1n) is 10.9. The Morgan fingerprint density at radius 2 is 1.79 bits per heavy atom. The van der Waals surface area contributed by atoms with Gasteiger partial charge in [-0.15, -0.1) is 11.8 Å². The summed E-state index contributed by atoms with van der Waals surface area (Å²) in [5.41, 5.74) is 4.18. The fraction of sp³-hybridized carbons (Fsp3) is 0.542. The molecule has 1 aliphatic carbocycles. The van der Waals surface area contributed by atoms with Crippen LogP contribution in [0.1, 0.15) is 47.4 Å². The molecule has 0 N–H and O–H groups in total. The highest BCUT2D eigenvalue weighted by molar-refractivity contribution is 7.98. The minimum atomic E-state index is 0.250. The number of carbonyl (C=O) groups is 1. The summed E-state index contributed by atoms with van der Waals surface area (Å²) >= 11 is 1.74. The predicted molar refractivity (Wildman–Crippen MR) is 122 cm³/mol. The molecule has 0 unspecified atom stereocenters. The number of Topliss-reactive ketones (excluding diaryl/α,β-unsaturated/α-hetero) is 1. The summed E-state index contributed by atoms with van der Waals surface area (Å²) in [4.78, 5) is 19.4. The topological polar surface area (TPSA) is 28.5 Å². The van der Waals surface area contributed by atoms with Crippen molar-refractivity contribution in [2.75, 3.05) is 39.0 Å². The highest BCUT2D eigenvalue weighted by Gasteiger charge is 2.27. The molecule has 29 heavy (non-hydrogen) atoms. The molecule has 2 fully saturated rings. The quantitative estimate of drug-likeness (QED) is 0.515. The molecule has 0 atom stereocenters. The van der Waals surface area contributed by atoms with E-state index in [2.05, 4.69) is 64.8 Å². The summed E-state index contributed by atoms with van der Waals surface area (Å²) < 4.78 is 2.21. The van der Waals surface area contributed by atoms with Crippen LogP contribution in [0.25, 0.3) is 5.69 Å². The molecule has 2 heterocycles. The standard InChI is InChI=1S/C24H33N3OS/c1-18-15-23(19(2)27(18)21-9-6-10-22(16-21)29-3)24(28)17-25-11-13-26(14-12-25)20-7-4-5-8-20/h6,9-10,15-16,20H,4-5,7-8,11-14,17H2,1-3H3. The van der Waals surface area contributed by atoms with Crippen LogP contribution < -0.4 is 0 Å². The van der Waals surface area contributed by atoms with Crippen molar-refractivity contribution in [3.63, 3.8) is 0 Å². The number of rotatable bonds is 6. The normalized spacial score (nSPS) is 19.1. The monoisotopic (exact) mass is 411 g/mol. The first-order chi connectivity index (χ1) is 14.1. The van der Waals surface area contributed by atoms with E-state index in [9.17, 15) is 4.79 Å². The van der Waals surface area contributed by atoms with Crippen molar-refractivity contribution in [3.8, 4) is 5.69 Å². The Hall–Kier alpha value is -1.56. The molecule has 0 spiro atoms. The van der Waals surface area contributed by atoms with Crippen LogP contribution in [-0.4, -0.2) is 65.2 Å². The van der Waals surface area contributed by atoms with E-state index in [-0.39, 0.29) is 5.78 Å². The van der Waals surface area contributed by atoms with Crippen molar-refractivity contribution in [2.45, 2.75) is 50.5 Å². The van der Waals surface area contributed by atoms with Gasteiger partial charge in [-0.25, -0.2) is 0 Å². The number of carbonyl (C=O) groups excluding carboxylic acids is 1. The number of hydrogen-bond donors (Lipinski definition) is 0. The lowest BCUT2D eigenvalue weighted by Crippen LogP contribution is -2.50. The molecular weight excluding hydrogens is 378 g/mol. The molecule has 0 radical (unpaired) electrons. The predicted octanol–water partition coefficient (Wildman–Crippen LogP) is 4.56. The summed E-state index contributed by atoms with van der Waals surface area (Å²) in [6.45, 7) is 8.94. The summed E-state index contributed by atoms with van der Waals surface area (Å²) in [7, 11) is 0. The lowest BCUT2D eigenvalue weighted by molar-refractivity contribution is 0.0775. The fourth-order valence-corrected chi connectivity index (χ4v) is 5.49. The number of thioether (sulfide) groups is 1. The third kappa shape index (κ3) is 4.47. The number of piperazine rings is 1. The van der Waals surface area contributed by atoms with Gasteiger partial charge in [0.1, 0.15) is 0 Å². The maximum Gasteiger partial charge on any atom is 0.178 e. The van der Waals surface area contributed by atoms with E-state index in [1.165, 1.54) is 30.6 Å². The van der Waals surface area contributed by atoms with Crippen LogP contribution in [0.15, 0.2) is 35.2 Å². The maximum atomic E-state index is 13.1. The SMILES string of the molecule is CSc1cccc(-n2c(C)cc(C(=O)CN3CCN(C4CCCC4)CC3)c2C)c1. The second-order valence-electron chi connectivity index (χ2n) is 8.50. The third-order valence-corrected chi connectivity index (χ3v) is 7.38. The van der Waals surface area contributed by atoms with Gasteiger partial charge in [0.25, 0.3) is 0 Å². The van der Waals surface area contributed by atoms with E-state index in [1.807, 2.05) is 0 Å². The van der Waals surface area contributed by atoms with E-state index >= 15 is 0 Å². The molecule has 1 saturated heterocycles. The van der Waals surface area contributed by atoms with Crippen LogP contribution in [0.2, 0.25) is 0 Å². The summed E-state index contributed by atoms with van der Waals surface area (Å²) in [6.07, 6.45) is 7.60. The average Bonchev–Trinajstić information content (AvgIpc) is 3.37. The molecule has 1 saturated carbocycles. The van der Waals surface area contributed by atoms with Gasteiger partial charge in [0.15, 0.2) is 5.78 Å². The molecule has 4 nitrogen and oxygen atoms in total. The summed E-state index contributed by atoms with van der Waals surface area (Å²) in [5, 5.41) is 0. The van der Waals surface area contributed by atoms with Crippen LogP contribution in [0.5, 0.6) is 0 Å². The van der Waals surface area contributed by atoms with Crippen LogP contribution in [0.4, 0.5) is 0 Å². The van der Waals surface area contributed by atoms with Crippen LogP contribution >= 0.6 is 11.8 Å². The van der Waals surface area contributed by atoms with E-state index in [0.717, 1.165) is 54.9 Å². The van der Waals surface area contributed by atoms with Gasteiger partial charge in [-0.3, -0.25) is 14.6 Å². The average molecular weight is 412 g/mol. The van der Waals surface area contributed by atoms with Gasteiger partial charge in [0, 0.05) is 59.8 Å². The van der Waals surface area contributed by atoms with Gasteiger partial charge in [0.2, 0.25) is 0 Å². The molecule has 4 rings (SSSR count). The molecule has 0 amide bonds. The van der Waals surface area contributed by atoms with Crippen LogP contribution in [0, 0.1) is 13.8 Å². The Bertz CT molecular complexity index is 861. The molecule has 1 aliphatic heterocycles. The number of hydrogen-bond acceptors (Lipinski definition) is 4.